The van der Waals surface area contributed by atoms with E-state index in [1.54, 1.807) is 35.6 Å². The van der Waals surface area contributed by atoms with Gasteiger partial charge in [0.25, 0.3) is 5.56 Å². The first kappa shape index (κ1) is 18.2. The third-order valence-corrected chi connectivity index (χ3v) is 3.85. The fraction of sp³-hybridized carbons (Fsp3) is 0.176. The van der Waals surface area contributed by atoms with E-state index in [1.165, 1.54) is 4.57 Å². The molecule has 0 saturated heterocycles. The minimum atomic E-state index is -5.00. The maximum absolute atomic E-state index is 12.4. The second-order valence-corrected chi connectivity index (χ2v) is 5.51. The molecule has 0 saturated carbocycles. The lowest BCUT2D eigenvalue weighted by molar-refractivity contribution is -0.173. The van der Waals surface area contributed by atoms with Crippen LogP contribution >= 0.6 is 0 Å². The Balaban J connectivity index is 2.11. The van der Waals surface area contributed by atoms with Gasteiger partial charge in [0.05, 0.1) is 18.6 Å². The van der Waals surface area contributed by atoms with Crippen LogP contribution in [0.2, 0.25) is 0 Å². The number of aromatic nitrogens is 3. The first-order valence-corrected chi connectivity index (χ1v) is 7.72. The quantitative estimate of drug-likeness (QED) is 0.688. The smallest absolute Gasteiger partial charge is 0.346 e. The minimum Gasteiger partial charge on any atom is -0.346 e. The van der Waals surface area contributed by atoms with Gasteiger partial charge in [-0.2, -0.15) is 13.2 Å². The summed E-state index contributed by atoms with van der Waals surface area (Å²) < 4.78 is 38.5. The molecule has 0 fully saturated rings. The van der Waals surface area contributed by atoms with Crippen molar-refractivity contribution < 1.29 is 18.0 Å². The van der Waals surface area contributed by atoms with E-state index in [9.17, 15) is 22.8 Å². The lowest BCUT2D eigenvalue weighted by Gasteiger charge is -2.13. The number of nitrogens with zero attached hydrogens (tertiary/aromatic N) is 3. The number of alkyl halides is 3. The zero-order valence-electron chi connectivity index (χ0n) is 13.7. The van der Waals surface area contributed by atoms with Gasteiger partial charge >= 0.3 is 12.1 Å². The molecule has 3 rings (SSSR count). The van der Waals surface area contributed by atoms with Gasteiger partial charge in [-0.15, -0.1) is 0 Å². The maximum atomic E-state index is 12.4. The fourth-order valence-corrected chi connectivity index (χ4v) is 2.77. The van der Waals surface area contributed by atoms with Crippen LogP contribution < -0.4 is 10.9 Å². The van der Waals surface area contributed by atoms with Gasteiger partial charge in [-0.05, 0) is 5.56 Å². The van der Waals surface area contributed by atoms with Crippen molar-refractivity contribution in [3.05, 3.63) is 58.4 Å². The monoisotopic (exact) mass is 375 g/mol. The lowest BCUT2D eigenvalue weighted by atomic mass is 10.1. The van der Waals surface area contributed by atoms with Gasteiger partial charge in [0, 0.05) is 13.1 Å². The molecule has 138 valence electrons. The zero-order chi connectivity index (χ0) is 19.6. The van der Waals surface area contributed by atoms with Crippen LogP contribution in [0.15, 0.2) is 41.5 Å². The van der Waals surface area contributed by atoms with E-state index in [-0.39, 0.29) is 29.8 Å². The summed E-state index contributed by atoms with van der Waals surface area (Å²) in [5, 5.41) is 1.77. The van der Waals surface area contributed by atoms with E-state index in [1.807, 2.05) is 0 Å². The van der Waals surface area contributed by atoms with Crippen LogP contribution in [0.5, 0.6) is 0 Å². The van der Waals surface area contributed by atoms with Gasteiger partial charge in [-0.1, -0.05) is 30.3 Å². The Morgan fingerprint density at radius 3 is 2.63 bits per heavy atom. The number of carbonyl (C=O) groups excluding carboxylic acids is 1. The fourth-order valence-electron chi connectivity index (χ4n) is 2.77. The van der Waals surface area contributed by atoms with Crippen molar-refractivity contribution >= 4 is 22.6 Å². The van der Waals surface area contributed by atoms with Crippen LogP contribution in [0.1, 0.15) is 0 Å². The predicted molar refractivity (Wildman–Crippen MR) is 91.1 cm³/mol. The topological polar surface area (TPSA) is 84.1 Å². The molecule has 27 heavy (non-hydrogen) atoms. The van der Waals surface area contributed by atoms with Crippen molar-refractivity contribution in [3.63, 3.8) is 0 Å². The Labute approximate surface area is 150 Å². The molecule has 2 N–H and O–H groups in total. The summed E-state index contributed by atoms with van der Waals surface area (Å²) in [6.45, 7) is 6.94. The molecule has 1 amide bonds. The Morgan fingerprint density at radius 2 is 2.00 bits per heavy atom. The van der Waals surface area contributed by atoms with Gasteiger partial charge in [0.2, 0.25) is 5.69 Å². The number of halogens is 3. The van der Waals surface area contributed by atoms with E-state index in [4.69, 9.17) is 6.57 Å². The highest BCUT2D eigenvalue weighted by Crippen LogP contribution is 2.37. The summed E-state index contributed by atoms with van der Waals surface area (Å²) in [4.78, 5) is 33.2. The number of nitrogens with one attached hydrogen (secondary N) is 2. The number of carbonyl (C=O) groups is 1. The number of benzene rings is 1. The second-order valence-electron chi connectivity index (χ2n) is 5.51. The Hall–Kier alpha value is -3.61. The SMILES string of the molecule is [C-]#[N+]c1c(-c2ccccc2)n(CCNC(=O)C(F)(F)F)c2c(=O)[nH]cnc12. The molecular formula is C17H12F3N5O2. The molecule has 0 radical (unpaired) electrons. The van der Waals surface area contributed by atoms with E-state index in [0.29, 0.717) is 11.3 Å². The van der Waals surface area contributed by atoms with Crippen LogP contribution in [-0.4, -0.2) is 33.2 Å². The number of hydrogen-bond donors (Lipinski definition) is 2. The standard InChI is InChI=1S/C17H12F3N5O2/c1-21-11-12-14(15(26)24-9-23-12)25(8-7-22-16(27)17(18,19)20)13(11)10-5-3-2-4-6-10/h2-6,9H,7-8H2,(H,22,27)(H,23,24,26). The zero-order valence-corrected chi connectivity index (χ0v) is 13.7. The molecule has 0 aliphatic carbocycles. The molecule has 10 heteroatoms. The number of H-pyrrole nitrogens is 1. The van der Waals surface area contributed by atoms with Crippen LogP contribution in [0.25, 0.3) is 27.1 Å². The Kier molecular flexibility index (Phi) is 4.68. The third kappa shape index (κ3) is 3.39. The van der Waals surface area contributed by atoms with Gasteiger partial charge in [0.15, 0.2) is 0 Å². The molecule has 0 aliphatic rings. The molecular weight excluding hydrogens is 363 g/mol. The molecule has 2 aromatic heterocycles. The van der Waals surface area contributed by atoms with Crippen molar-refractivity contribution in [2.24, 2.45) is 0 Å². The van der Waals surface area contributed by atoms with Gasteiger partial charge < -0.3 is 14.9 Å². The molecule has 3 aromatic rings. The van der Waals surface area contributed by atoms with Crippen molar-refractivity contribution in [3.8, 4) is 11.3 Å². The van der Waals surface area contributed by atoms with Crippen LogP contribution in [0, 0.1) is 6.57 Å². The molecule has 0 bridgehead atoms. The molecule has 0 unspecified atom stereocenters. The summed E-state index contributed by atoms with van der Waals surface area (Å²) in [6.07, 6.45) is -3.84. The highest BCUT2D eigenvalue weighted by Gasteiger charge is 2.38. The van der Waals surface area contributed by atoms with Gasteiger partial charge in [-0.25, -0.2) is 9.83 Å². The summed E-state index contributed by atoms with van der Waals surface area (Å²) in [5.41, 5.74) is 0.742. The number of rotatable bonds is 4. The first-order chi connectivity index (χ1) is 12.8. The van der Waals surface area contributed by atoms with Crippen LogP contribution in [0.4, 0.5) is 18.9 Å². The highest BCUT2D eigenvalue weighted by molar-refractivity contribution is 5.99. The lowest BCUT2D eigenvalue weighted by Crippen LogP contribution is -2.38. The second kappa shape index (κ2) is 6.95. The average Bonchev–Trinajstić information content (AvgIpc) is 2.96. The van der Waals surface area contributed by atoms with E-state index in [2.05, 4.69) is 14.8 Å². The average molecular weight is 375 g/mol. The van der Waals surface area contributed by atoms with Crippen molar-refractivity contribution in [1.29, 1.82) is 0 Å². The number of hydrogen-bond acceptors (Lipinski definition) is 3. The van der Waals surface area contributed by atoms with Crippen molar-refractivity contribution in [1.82, 2.24) is 19.9 Å². The summed E-state index contributed by atoms with van der Waals surface area (Å²) in [7, 11) is 0. The summed E-state index contributed by atoms with van der Waals surface area (Å²) in [5.74, 6) is -2.07. The summed E-state index contributed by atoms with van der Waals surface area (Å²) in [6, 6.07) is 8.65. The Morgan fingerprint density at radius 1 is 1.30 bits per heavy atom. The molecule has 0 spiro atoms. The van der Waals surface area contributed by atoms with E-state index < -0.39 is 17.6 Å². The van der Waals surface area contributed by atoms with Crippen LogP contribution in [-0.2, 0) is 11.3 Å². The van der Waals surface area contributed by atoms with Crippen LogP contribution in [0.3, 0.4) is 0 Å². The molecule has 7 nitrogen and oxygen atoms in total. The molecule has 0 aliphatic heterocycles. The maximum Gasteiger partial charge on any atom is 0.471 e. The van der Waals surface area contributed by atoms with Gasteiger partial charge in [0.1, 0.15) is 11.0 Å². The molecule has 2 heterocycles. The number of aromatic amines is 1. The van der Waals surface area contributed by atoms with Crippen molar-refractivity contribution in [2.75, 3.05) is 6.54 Å². The normalized spacial score (nSPS) is 11.3. The molecule has 0 atom stereocenters. The third-order valence-electron chi connectivity index (χ3n) is 3.85. The Bertz CT molecular complexity index is 1090. The first-order valence-electron chi connectivity index (χ1n) is 7.72. The number of fused-ring (bicyclic) bond motifs is 1. The largest absolute Gasteiger partial charge is 0.471 e. The van der Waals surface area contributed by atoms with E-state index >= 15 is 0 Å². The minimum absolute atomic E-state index is 0.0589. The highest BCUT2D eigenvalue weighted by atomic mass is 19.4. The van der Waals surface area contributed by atoms with E-state index in [0.717, 1.165) is 6.33 Å². The molecule has 1 aromatic carbocycles. The summed E-state index contributed by atoms with van der Waals surface area (Å²) >= 11 is 0. The number of amides is 1. The van der Waals surface area contributed by atoms with Crippen molar-refractivity contribution in [2.45, 2.75) is 12.7 Å². The van der Waals surface area contributed by atoms with Gasteiger partial charge in [-0.3, -0.25) is 9.59 Å². The predicted octanol–water partition coefficient (Wildman–Crippen LogP) is 2.62.